The Labute approximate surface area is 153 Å². The van der Waals surface area contributed by atoms with Crippen LogP contribution in [-0.2, 0) is 21.5 Å². The third-order valence-electron chi connectivity index (χ3n) is 5.10. The fraction of sp³-hybridized carbons (Fsp3) is 0.500. The van der Waals surface area contributed by atoms with Gasteiger partial charge in [-0.05, 0) is 24.5 Å². The van der Waals surface area contributed by atoms with Gasteiger partial charge in [0.05, 0.1) is 0 Å². The fourth-order valence-electron chi connectivity index (χ4n) is 3.63. The van der Waals surface area contributed by atoms with Crippen molar-refractivity contribution in [1.29, 1.82) is 0 Å². The highest BCUT2D eigenvalue weighted by molar-refractivity contribution is 5.76. The molecule has 1 amide bonds. The summed E-state index contributed by atoms with van der Waals surface area (Å²) < 4.78 is 21.8. The number of rotatable bonds is 6. The van der Waals surface area contributed by atoms with Crippen LogP contribution in [0, 0.1) is 5.82 Å². The van der Waals surface area contributed by atoms with Crippen molar-refractivity contribution < 1.29 is 13.9 Å². The van der Waals surface area contributed by atoms with E-state index >= 15 is 0 Å². The van der Waals surface area contributed by atoms with Gasteiger partial charge in [-0.1, -0.05) is 32.0 Å². The minimum Gasteiger partial charge on any atom is -0.381 e. The Kier molecular flexibility index (Phi) is 5.71. The number of benzene rings is 1. The highest BCUT2D eigenvalue weighted by atomic mass is 19.1. The summed E-state index contributed by atoms with van der Waals surface area (Å²) in [5, 5.41) is 3.01. The molecule has 1 aromatic heterocycles. The Balaban J connectivity index is 1.71. The van der Waals surface area contributed by atoms with Crippen molar-refractivity contribution in [2.45, 2.75) is 44.6 Å². The third kappa shape index (κ3) is 3.96. The Morgan fingerprint density at radius 3 is 2.77 bits per heavy atom. The van der Waals surface area contributed by atoms with E-state index in [0.29, 0.717) is 38.2 Å². The lowest BCUT2D eigenvalue weighted by Gasteiger charge is -2.38. The fourth-order valence-corrected chi connectivity index (χ4v) is 3.63. The van der Waals surface area contributed by atoms with Gasteiger partial charge in [-0.15, -0.1) is 0 Å². The average molecular weight is 359 g/mol. The van der Waals surface area contributed by atoms with Gasteiger partial charge in [0.15, 0.2) is 0 Å². The van der Waals surface area contributed by atoms with Gasteiger partial charge in [0.2, 0.25) is 5.91 Å². The number of carbonyl (C=O) groups is 1. The average Bonchev–Trinajstić information content (AvgIpc) is 3.09. The molecule has 1 N–H and O–H groups in total. The quantitative estimate of drug-likeness (QED) is 0.863. The van der Waals surface area contributed by atoms with E-state index in [1.165, 1.54) is 6.07 Å². The van der Waals surface area contributed by atoms with Crippen LogP contribution >= 0.6 is 0 Å². The predicted octanol–water partition coefficient (Wildman–Crippen LogP) is 3.01. The van der Waals surface area contributed by atoms with E-state index in [-0.39, 0.29) is 24.2 Å². The maximum Gasteiger partial charge on any atom is 0.240 e. The number of carbonyl (C=O) groups excluding carboxylic acids is 1. The molecule has 1 saturated heterocycles. The first-order valence-corrected chi connectivity index (χ1v) is 9.12. The SMILES string of the molecule is CC(C)c1nccn1CC(=O)NCC1(c2ccccc2F)CCOCC1. The molecule has 0 bridgehead atoms. The molecule has 0 radical (unpaired) electrons. The molecule has 26 heavy (non-hydrogen) atoms. The Bertz CT molecular complexity index is 751. The van der Waals surface area contributed by atoms with Crippen LogP contribution in [0.5, 0.6) is 0 Å². The lowest BCUT2D eigenvalue weighted by atomic mass is 9.74. The molecule has 2 heterocycles. The summed E-state index contributed by atoms with van der Waals surface area (Å²) in [5.41, 5.74) is 0.240. The molecule has 2 aromatic rings. The first-order valence-electron chi connectivity index (χ1n) is 9.12. The van der Waals surface area contributed by atoms with Gasteiger partial charge in [-0.2, -0.15) is 0 Å². The van der Waals surface area contributed by atoms with Crippen LogP contribution < -0.4 is 5.32 Å². The Morgan fingerprint density at radius 2 is 2.08 bits per heavy atom. The molecule has 0 spiro atoms. The van der Waals surface area contributed by atoms with Gasteiger partial charge in [0.25, 0.3) is 0 Å². The Morgan fingerprint density at radius 1 is 1.35 bits per heavy atom. The van der Waals surface area contributed by atoms with Crippen LogP contribution in [0.25, 0.3) is 0 Å². The van der Waals surface area contributed by atoms with Gasteiger partial charge in [0.1, 0.15) is 18.2 Å². The van der Waals surface area contributed by atoms with E-state index in [0.717, 1.165) is 5.82 Å². The van der Waals surface area contributed by atoms with Crippen LogP contribution in [0.2, 0.25) is 0 Å². The number of hydrogen-bond acceptors (Lipinski definition) is 3. The zero-order valence-electron chi connectivity index (χ0n) is 15.4. The number of halogens is 1. The molecule has 3 rings (SSSR count). The first-order chi connectivity index (χ1) is 12.5. The molecule has 1 fully saturated rings. The highest BCUT2D eigenvalue weighted by Crippen LogP contribution is 2.35. The van der Waals surface area contributed by atoms with Crippen LogP contribution in [0.15, 0.2) is 36.7 Å². The molecule has 140 valence electrons. The van der Waals surface area contributed by atoms with Crippen LogP contribution in [0.3, 0.4) is 0 Å². The molecule has 1 aliphatic rings. The molecule has 0 aliphatic carbocycles. The van der Waals surface area contributed by atoms with E-state index in [9.17, 15) is 9.18 Å². The summed E-state index contributed by atoms with van der Waals surface area (Å²) in [7, 11) is 0. The lowest BCUT2D eigenvalue weighted by molar-refractivity contribution is -0.122. The lowest BCUT2D eigenvalue weighted by Crippen LogP contribution is -2.45. The van der Waals surface area contributed by atoms with Crippen molar-refractivity contribution in [3.63, 3.8) is 0 Å². The zero-order chi connectivity index (χ0) is 18.6. The molecule has 5 nitrogen and oxygen atoms in total. The van der Waals surface area contributed by atoms with Crippen molar-refractivity contribution in [2.24, 2.45) is 0 Å². The second kappa shape index (κ2) is 7.99. The second-order valence-corrected chi connectivity index (χ2v) is 7.22. The van der Waals surface area contributed by atoms with Gasteiger partial charge in [0, 0.05) is 43.5 Å². The zero-order valence-corrected chi connectivity index (χ0v) is 15.4. The third-order valence-corrected chi connectivity index (χ3v) is 5.10. The van der Waals surface area contributed by atoms with Crippen molar-refractivity contribution >= 4 is 5.91 Å². The standard InChI is InChI=1S/C20H26FN3O2/c1-15(2)19-22-9-10-24(19)13-18(25)23-14-20(7-11-26-12-8-20)16-5-3-4-6-17(16)21/h3-6,9-10,15H,7-8,11-14H2,1-2H3,(H,23,25). The smallest absolute Gasteiger partial charge is 0.240 e. The number of nitrogens with one attached hydrogen (secondary N) is 1. The highest BCUT2D eigenvalue weighted by Gasteiger charge is 2.36. The van der Waals surface area contributed by atoms with Crippen molar-refractivity contribution in [2.75, 3.05) is 19.8 Å². The van der Waals surface area contributed by atoms with E-state index in [1.807, 2.05) is 36.7 Å². The summed E-state index contributed by atoms with van der Waals surface area (Å²) in [4.78, 5) is 16.8. The molecular weight excluding hydrogens is 333 g/mol. The summed E-state index contributed by atoms with van der Waals surface area (Å²) >= 11 is 0. The molecule has 6 heteroatoms. The predicted molar refractivity (Wildman–Crippen MR) is 97.5 cm³/mol. The topological polar surface area (TPSA) is 56.2 Å². The van der Waals surface area contributed by atoms with Crippen molar-refractivity contribution in [3.05, 3.63) is 53.9 Å². The summed E-state index contributed by atoms with van der Waals surface area (Å²) in [6.45, 7) is 5.86. The second-order valence-electron chi connectivity index (χ2n) is 7.22. The minimum atomic E-state index is -0.422. The molecule has 0 unspecified atom stereocenters. The molecule has 1 aromatic carbocycles. The molecule has 0 saturated carbocycles. The number of hydrogen-bond donors (Lipinski definition) is 1. The van der Waals surface area contributed by atoms with E-state index in [4.69, 9.17) is 4.74 Å². The summed E-state index contributed by atoms with van der Waals surface area (Å²) in [6.07, 6.45) is 4.91. The monoisotopic (exact) mass is 359 g/mol. The molecular formula is C20H26FN3O2. The number of amides is 1. The van der Waals surface area contributed by atoms with Crippen LogP contribution in [0.4, 0.5) is 4.39 Å². The van der Waals surface area contributed by atoms with Crippen molar-refractivity contribution in [1.82, 2.24) is 14.9 Å². The van der Waals surface area contributed by atoms with Crippen LogP contribution in [-0.4, -0.2) is 35.2 Å². The van der Waals surface area contributed by atoms with Crippen LogP contribution in [0.1, 0.15) is 44.0 Å². The van der Waals surface area contributed by atoms with E-state index in [1.54, 1.807) is 12.3 Å². The number of imidazole rings is 1. The van der Waals surface area contributed by atoms with Crippen molar-refractivity contribution in [3.8, 4) is 0 Å². The summed E-state index contributed by atoms with van der Waals surface area (Å²) in [6, 6.07) is 6.84. The van der Waals surface area contributed by atoms with E-state index < -0.39 is 5.41 Å². The van der Waals surface area contributed by atoms with E-state index in [2.05, 4.69) is 10.3 Å². The van der Waals surface area contributed by atoms with Gasteiger partial charge < -0.3 is 14.6 Å². The number of aromatic nitrogens is 2. The number of ether oxygens (including phenoxy) is 1. The largest absolute Gasteiger partial charge is 0.381 e. The molecule has 1 aliphatic heterocycles. The number of nitrogens with zero attached hydrogens (tertiary/aromatic N) is 2. The Hall–Kier alpha value is -2.21. The first kappa shape index (κ1) is 18.6. The van der Waals surface area contributed by atoms with Gasteiger partial charge in [-0.25, -0.2) is 9.37 Å². The normalized spacial score (nSPS) is 16.6. The van der Waals surface area contributed by atoms with Gasteiger partial charge in [-0.3, -0.25) is 4.79 Å². The molecule has 0 atom stereocenters. The minimum absolute atomic E-state index is 0.0906. The summed E-state index contributed by atoms with van der Waals surface area (Å²) in [5.74, 6) is 0.820. The maximum atomic E-state index is 14.4. The maximum absolute atomic E-state index is 14.4. The van der Waals surface area contributed by atoms with Gasteiger partial charge >= 0.3 is 0 Å².